The summed E-state index contributed by atoms with van der Waals surface area (Å²) >= 11 is 0. The van der Waals surface area contributed by atoms with Crippen molar-refractivity contribution in [1.29, 1.82) is 0 Å². The standard InChI is InChI=1S/C8H14N6O/c1-9-8-13-12-7(14(8)2)5-3-11-6(15)4-10-5/h5,10H,3-4H2,1-2H3,(H,9,13)(H,11,15). The Balaban J connectivity index is 2.15. The van der Waals surface area contributed by atoms with E-state index in [1.807, 2.05) is 11.6 Å². The van der Waals surface area contributed by atoms with E-state index in [-0.39, 0.29) is 11.9 Å². The first-order valence-corrected chi connectivity index (χ1v) is 4.79. The summed E-state index contributed by atoms with van der Waals surface area (Å²) in [5.74, 6) is 1.55. The van der Waals surface area contributed by atoms with Crippen molar-refractivity contribution in [3.8, 4) is 0 Å². The first kappa shape index (κ1) is 9.91. The van der Waals surface area contributed by atoms with Crippen molar-refractivity contribution in [2.75, 3.05) is 25.5 Å². The molecule has 0 radical (unpaired) electrons. The predicted molar refractivity (Wildman–Crippen MR) is 54.3 cm³/mol. The van der Waals surface area contributed by atoms with E-state index in [1.165, 1.54) is 0 Å². The second-order valence-electron chi connectivity index (χ2n) is 3.43. The van der Waals surface area contributed by atoms with Crippen LogP contribution in [0.25, 0.3) is 0 Å². The summed E-state index contributed by atoms with van der Waals surface area (Å²) in [5.41, 5.74) is 0. The van der Waals surface area contributed by atoms with Crippen molar-refractivity contribution in [2.24, 2.45) is 7.05 Å². The van der Waals surface area contributed by atoms with E-state index in [4.69, 9.17) is 0 Å². The molecule has 1 aliphatic heterocycles. The van der Waals surface area contributed by atoms with Crippen LogP contribution in [0.4, 0.5) is 5.95 Å². The smallest absolute Gasteiger partial charge is 0.234 e. The van der Waals surface area contributed by atoms with Crippen molar-refractivity contribution in [1.82, 2.24) is 25.4 Å². The minimum absolute atomic E-state index is 0.0160. The Morgan fingerprint density at radius 2 is 2.33 bits per heavy atom. The fourth-order valence-electron chi connectivity index (χ4n) is 1.61. The van der Waals surface area contributed by atoms with E-state index < -0.39 is 0 Å². The number of nitrogens with one attached hydrogen (secondary N) is 3. The maximum Gasteiger partial charge on any atom is 0.234 e. The van der Waals surface area contributed by atoms with E-state index in [0.29, 0.717) is 19.0 Å². The van der Waals surface area contributed by atoms with Gasteiger partial charge in [0.2, 0.25) is 11.9 Å². The van der Waals surface area contributed by atoms with E-state index in [0.717, 1.165) is 5.82 Å². The maximum atomic E-state index is 11.0. The molecule has 1 aliphatic rings. The molecule has 1 aromatic heterocycles. The Kier molecular flexibility index (Phi) is 2.55. The quantitative estimate of drug-likeness (QED) is 0.560. The minimum atomic E-state index is 0.0160. The Labute approximate surface area is 87.3 Å². The lowest BCUT2D eigenvalue weighted by atomic mass is 10.2. The zero-order valence-electron chi connectivity index (χ0n) is 8.74. The van der Waals surface area contributed by atoms with Crippen molar-refractivity contribution in [2.45, 2.75) is 6.04 Å². The Bertz CT molecular complexity index is 363. The maximum absolute atomic E-state index is 11.0. The molecule has 0 bridgehead atoms. The Hall–Kier alpha value is -1.63. The van der Waals surface area contributed by atoms with Crippen molar-refractivity contribution in [3.63, 3.8) is 0 Å². The van der Waals surface area contributed by atoms with Crippen LogP contribution in [0.2, 0.25) is 0 Å². The number of carbonyl (C=O) groups is 1. The molecule has 1 unspecified atom stereocenters. The Morgan fingerprint density at radius 1 is 1.53 bits per heavy atom. The molecule has 82 valence electrons. The lowest BCUT2D eigenvalue weighted by Crippen LogP contribution is -2.47. The second kappa shape index (κ2) is 3.85. The molecule has 1 amide bonds. The molecule has 1 aromatic rings. The van der Waals surface area contributed by atoms with Crippen LogP contribution in [0, 0.1) is 0 Å². The molecule has 1 saturated heterocycles. The molecule has 7 nitrogen and oxygen atoms in total. The molecule has 2 rings (SSSR count). The summed E-state index contributed by atoms with van der Waals surface area (Å²) in [7, 11) is 3.68. The summed E-state index contributed by atoms with van der Waals surface area (Å²) in [6, 6.07) is 0.0299. The molecule has 0 aromatic carbocycles. The largest absolute Gasteiger partial charge is 0.357 e. The Morgan fingerprint density at radius 3 is 2.87 bits per heavy atom. The van der Waals surface area contributed by atoms with Crippen LogP contribution >= 0.6 is 0 Å². The van der Waals surface area contributed by atoms with E-state index >= 15 is 0 Å². The molecular formula is C8H14N6O. The third-order valence-corrected chi connectivity index (χ3v) is 2.46. The van der Waals surface area contributed by atoms with Crippen LogP contribution in [-0.2, 0) is 11.8 Å². The first-order valence-electron chi connectivity index (χ1n) is 4.79. The van der Waals surface area contributed by atoms with Crippen LogP contribution in [0.5, 0.6) is 0 Å². The highest BCUT2D eigenvalue weighted by atomic mass is 16.2. The summed E-state index contributed by atoms with van der Waals surface area (Å²) in [6.45, 7) is 0.876. The number of amides is 1. The SMILES string of the molecule is CNc1nnc(C2CNC(=O)CN2)n1C. The highest BCUT2D eigenvalue weighted by molar-refractivity contribution is 5.78. The summed E-state index contributed by atoms with van der Waals surface area (Å²) in [6.07, 6.45) is 0. The number of hydrogen-bond donors (Lipinski definition) is 3. The van der Waals surface area contributed by atoms with Crippen molar-refractivity contribution in [3.05, 3.63) is 5.82 Å². The fourth-order valence-corrected chi connectivity index (χ4v) is 1.61. The minimum Gasteiger partial charge on any atom is -0.357 e. The molecule has 7 heteroatoms. The van der Waals surface area contributed by atoms with Crippen LogP contribution in [0.1, 0.15) is 11.9 Å². The topological polar surface area (TPSA) is 83.9 Å². The molecule has 15 heavy (non-hydrogen) atoms. The molecule has 2 heterocycles. The molecule has 3 N–H and O–H groups in total. The van der Waals surface area contributed by atoms with Gasteiger partial charge in [0.05, 0.1) is 12.6 Å². The number of aromatic nitrogens is 3. The normalized spacial score (nSPS) is 21.2. The van der Waals surface area contributed by atoms with Gasteiger partial charge in [-0.15, -0.1) is 10.2 Å². The van der Waals surface area contributed by atoms with Gasteiger partial charge in [-0.25, -0.2) is 0 Å². The first-order chi connectivity index (χ1) is 7.22. The third-order valence-electron chi connectivity index (χ3n) is 2.46. The van der Waals surface area contributed by atoms with Gasteiger partial charge in [-0.1, -0.05) is 0 Å². The monoisotopic (exact) mass is 210 g/mol. The highest BCUT2D eigenvalue weighted by Crippen LogP contribution is 2.13. The van der Waals surface area contributed by atoms with Crippen LogP contribution in [-0.4, -0.2) is 40.8 Å². The van der Waals surface area contributed by atoms with Crippen molar-refractivity contribution < 1.29 is 4.79 Å². The predicted octanol–water partition coefficient (Wildman–Crippen LogP) is -1.38. The lowest BCUT2D eigenvalue weighted by Gasteiger charge is -2.23. The van der Waals surface area contributed by atoms with Crippen LogP contribution in [0.3, 0.4) is 0 Å². The number of piperazine rings is 1. The van der Waals surface area contributed by atoms with Gasteiger partial charge in [0.1, 0.15) is 0 Å². The van der Waals surface area contributed by atoms with Gasteiger partial charge in [0.25, 0.3) is 0 Å². The average Bonchev–Trinajstić information content (AvgIpc) is 2.61. The van der Waals surface area contributed by atoms with Gasteiger partial charge >= 0.3 is 0 Å². The summed E-state index contributed by atoms with van der Waals surface area (Å²) in [5, 5.41) is 16.9. The van der Waals surface area contributed by atoms with Gasteiger partial charge in [-0.05, 0) is 0 Å². The number of carbonyl (C=O) groups excluding carboxylic acids is 1. The van der Waals surface area contributed by atoms with Crippen LogP contribution < -0.4 is 16.0 Å². The molecular weight excluding hydrogens is 196 g/mol. The fraction of sp³-hybridized carbons (Fsp3) is 0.625. The van der Waals surface area contributed by atoms with Crippen molar-refractivity contribution >= 4 is 11.9 Å². The highest BCUT2D eigenvalue weighted by Gasteiger charge is 2.23. The zero-order valence-corrected chi connectivity index (χ0v) is 8.74. The number of rotatable bonds is 2. The third kappa shape index (κ3) is 1.78. The van der Waals surface area contributed by atoms with Gasteiger partial charge < -0.3 is 10.6 Å². The second-order valence-corrected chi connectivity index (χ2v) is 3.43. The number of nitrogens with zero attached hydrogens (tertiary/aromatic N) is 3. The van der Waals surface area contributed by atoms with E-state index in [2.05, 4.69) is 26.1 Å². The molecule has 0 saturated carbocycles. The molecule has 1 fully saturated rings. The average molecular weight is 210 g/mol. The zero-order chi connectivity index (χ0) is 10.8. The lowest BCUT2D eigenvalue weighted by molar-refractivity contribution is -0.121. The van der Waals surface area contributed by atoms with Gasteiger partial charge in [0.15, 0.2) is 5.82 Å². The molecule has 1 atom stereocenters. The van der Waals surface area contributed by atoms with Crippen LogP contribution in [0.15, 0.2) is 0 Å². The van der Waals surface area contributed by atoms with Gasteiger partial charge in [-0.3, -0.25) is 14.7 Å². The molecule has 0 aliphatic carbocycles. The van der Waals surface area contributed by atoms with Gasteiger partial charge in [-0.2, -0.15) is 0 Å². The number of anilines is 1. The number of hydrogen-bond acceptors (Lipinski definition) is 5. The van der Waals surface area contributed by atoms with E-state index in [9.17, 15) is 4.79 Å². The summed E-state index contributed by atoms with van der Waals surface area (Å²) in [4.78, 5) is 11.0. The molecule has 0 spiro atoms. The van der Waals surface area contributed by atoms with Gasteiger partial charge in [0, 0.05) is 20.6 Å². The summed E-state index contributed by atoms with van der Waals surface area (Å²) < 4.78 is 1.87. The van der Waals surface area contributed by atoms with E-state index in [1.54, 1.807) is 7.05 Å².